The summed E-state index contributed by atoms with van der Waals surface area (Å²) in [5.41, 5.74) is 0.102. The van der Waals surface area contributed by atoms with E-state index in [1.165, 1.54) is 25.7 Å². The molecule has 1 aliphatic carbocycles. The molecular weight excluding hydrogens is 376 g/mol. The fourth-order valence-corrected chi connectivity index (χ4v) is 4.97. The number of nitrogens with one attached hydrogen (secondary N) is 4. The molecule has 4 amide bonds. The Hall–Kier alpha value is -1.46. The number of carbonyl (C=O) groups excluding carboxylic acids is 2. The molecule has 1 saturated carbocycles. The molecule has 6 heteroatoms. The van der Waals surface area contributed by atoms with Gasteiger partial charge < -0.3 is 21.3 Å². The van der Waals surface area contributed by atoms with Gasteiger partial charge in [0.25, 0.3) is 0 Å². The predicted octanol–water partition coefficient (Wildman–Crippen LogP) is 5.33. The highest BCUT2D eigenvalue weighted by Gasteiger charge is 2.41. The van der Waals surface area contributed by atoms with E-state index in [1.54, 1.807) is 0 Å². The van der Waals surface area contributed by atoms with Crippen molar-refractivity contribution in [1.82, 2.24) is 21.3 Å². The summed E-state index contributed by atoms with van der Waals surface area (Å²) in [4.78, 5) is 24.5. The lowest BCUT2D eigenvalue weighted by molar-refractivity contribution is 0.0749. The second-order valence-electron chi connectivity index (χ2n) is 10.4. The van der Waals surface area contributed by atoms with Crippen molar-refractivity contribution in [2.75, 3.05) is 19.6 Å². The van der Waals surface area contributed by atoms with Crippen LogP contribution in [0.4, 0.5) is 9.59 Å². The second kappa shape index (κ2) is 13.8. The molecular formula is C24H48N4O2. The molecule has 0 heterocycles. The maximum absolute atomic E-state index is 12.3. The number of rotatable bonds is 13. The standard InChI is InChI=1S/C24H48N4O2/c1-6-8-10-12-14-25-21(29)27-19-24(5)17-20(16-23(3,4)18-24)28-22(30)26-15-13-11-9-7-2/h20H,6-19H2,1-5H3,(H2,25,27,29)(H2,26,28,30). The molecule has 0 saturated heterocycles. The Kier molecular flexibility index (Phi) is 12.2. The fraction of sp³-hybridized carbons (Fsp3) is 0.917. The molecule has 0 aliphatic heterocycles. The molecule has 1 aliphatic rings. The smallest absolute Gasteiger partial charge is 0.315 e. The van der Waals surface area contributed by atoms with Crippen LogP contribution in [0.5, 0.6) is 0 Å². The number of hydrogen-bond acceptors (Lipinski definition) is 2. The number of urea groups is 2. The topological polar surface area (TPSA) is 82.3 Å². The summed E-state index contributed by atoms with van der Waals surface area (Å²) in [6.45, 7) is 13.2. The first-order valence-electron chi connectivity index (χ1n) is 12.3. The first-order chi connectivity index (χ1) is 14.2. The average Bonchev–Trinajstić information content (AvgIpc) is 2.64. The third-order valence-corrected chi connectivity index (χ3v) is 6.09. The van der Waals surface area contributed by atoms with E-state index in [0.717, 1.165) is 58.0 Å². The van der Waals surface area contributed by atoms with Crippen molar-refractivity contribution in [1.29, 1.82) is 0 Å². The van der Waals surface area contributed by atoms with E-state index in [4.69, 9.17) is 0 Å². The van der Waals surface area contributed by atoms with Gasteiger partial charge in [0.15, 0.2) is 0 Å². The molecule has 2 atom stereocenters. The van der Waals surface area contributed by atoms with Gasteiger partial charge in [-0.2, -0.15) is 0 Å². The minimum absolute atomic E-state index is 0.0274. The molecule has 6 nitrogen and oxygen atoms in total. The van der Waals surface area contributed by atoms with Gasteiger partial charge in [-0.3, -0.25) is 0 Å². The summed E-state index contributed by atoms with van der Waals surface area (Å²) in [7, 11) is 0. The van der Waals surface area contributed by atoms with Crippen LogP contribution in [0.2, 0.25) is 0 Å². The number of unbranched alkanes of at least 4 members (excludes halogenated alkanes) is 6. The second-order valence-corrected chi connectivity index (χ2v) is 10.4. The lowest BCUT2D eigenvalue weighted by atomic mass is 9.62. The third-order valence-electron chi connectivity index (χ3n) is 6.09. The zero-order valence-corrected chi connectivity index (χ0v) is 20.3. The van der Waals surface area contributed by atoms with E-state index in [-0.39, 0.29) is 28.9 Å². The maximum Gasteiger partial charge on any atom is 0.315 e. The highest BCUT2D eigenvalue weighted by molar-refractivity contribution is 5.74. The SMILES string of the molecule is CCCCCCNC(=O)NCC1(C)CC(NC(=O)NCCCCCC)CC(C)(C)C1. The van der Waals surface area contributed by atoms with Crippen molar-refractivity contribution in [3.05, 3.63) is 0 Å². The van der Waals surface area contributed by atoms with E-state index >= 15 is 0 Å². The Morgan fingerprint density at radius 2 is 1.33 bits per heavy atom. The van der Waals surface area contributed by atoms with E-state index in [0.29, 0.717) is 6.54 Å². The van der Waals surface area contributed by atoms with Crippen molar-refractivity contribution < 1.29 is 9.59 Å². The lowest BCUT2D eigenvalue weighted by Crippen LogP contribution is -2.53. The summed E-state index contributed by atoms with van der Waals surface area (Å²) < 4.78 is 0. The summed E-state index contributed by atoms with van der Waals surface area (Å²) in [6, 6.07) is -0.00642. The van der Waals surface area contributed by atoms with Gasteiger partial charge in [0.2, 0.25) is 0 Å². The predicted molar refractivity (Wildman–Crippen MR) is 126 cm³/mol. The first kappa shape index (κ1) is 26.6. The van der Waals surface area contributed by atoms with Crippen LogP contribution in [0, 0.1) is 10.8 Å². The molecule has 176 valence electrons. The van der Waals surface area contributed by atoms with E-state index in [1.807, 2.05) is 0 Å². The van der Waals surface area contributed by atoms with Crippen molar-refractivity contribution in [3.8, 4) is 0 Å². The van der Waals surface area contributed by atoms with Crippen LogP contribution in [0.15, 0.2) is 0 Å². The minimum atomic E-state index is -0.0783. The Morgan fingerprint density at radius 3 is 1.90 bits per heavy atom. The lowest BCUT2D eigenvalue weighted by Gasteiger charge is -2.46. The molecule has 30 heavy (non-hydrogen) atoms. The number of amides is 4. The molecule has 0 aromatic heterocycles. The highest BCUT2D eigenvalue weighted by Crippen LogP contribution is 2.45. The Balaban J connectivity index is 2.42. The minimum Gasteiger partial charge on any atom is -0.338 e. The molecule has 4 N–H and O–H groups in total. The van der Waals surface area contributed by atoms with Gasteiger partial charge in [-0.05, 0) is 42.9 Å². The van der Waals surface area contributed by atoms with Crippen LogP contribution in [0.1, 0.15) is 105 Å². The van der Waals surface area contributed by atoms with Crippen LogP contribution in [0.3, 0.4) is 0 Å². The fourth-order valence-electron chi connectivity index (χ4n) is 4.97. The highest BCUT2D eigenvalue weighted by atomic mass is 16.2. The molecule has 0 aromatic rings. The first-order valence-corrected chi connectivity index (χ1v) is 12.3. The molecule has 0 bridgehead atoms. The normalized spacial score (nSPS) is 22.9. The van der Waals surface area contributed by atoms with Crippen LogP contribution in [-0.4, -0.2) is 37.7 Å². The zero-order chi connectivity index (χ0) is 22.5. The third kappa shape index (κ3) is 11.7. The molecule has 1 fully saturated rings. The van der Waals surface area contributed by atoms with Crippen molar-refractivity contribution in [2.24, 2.45) is 10.8 Å². The Bertz CT molecular complexity index is 509. The summed E-state index contributed by atoms with van der Waals surface area (Å²) in [6.07, 6.45) is 12.1. The van der Waals surface area contributed by atoms with Gasteiger partial charge in [-0.25, -0.2) is 9.59 Å². The summed E-state index contributed by atoms with van der Waals surface area (Å²) in [5.74, 6) is 0. The van der Waals surface area contributed by atoms with Crippen LogP contribution >= 0.6 is 0 Å². The van der Waals surface area contributed by atoms with Crippen LogP contribution in [-0.2, 0) is 0 Å². The monoisotopic (exact) mass is 424 g/mol. The summed E-state index contributed by atoms with van der Waals surface area (Å²) >= 11 is 0. The van der Waals surface area contributed by atoms with Gasteiger partial charge in [0.05, 0.1) is 0 Å². The van der Waals surface area contributed by atoms with Gasteiger partial charge in [0.1, 0.15) is 0 Å². The maximum atomic E-state index is 12.3. The Labute approximate surface area is 185 Å². The molecule has 0 aromatic carbocycles. The van der Waals surface area contributed by atoms with Gasteiger partial charge in [-0.1, -0.05) is 73.1 Å². The van der Waals surface area contributed by atoms with E-state index in [2.05, 4.69) is 55.9 Å². The van der Waals surface area contributed by atoms with Gasteiger partial charge in [-0.15, -0.1) is 0 Å². The largest absolute Gasteiger partial charge is 0.338 e. The number of carbonyl (C=O) groups is 2. The van der Waals surface area contributed by atoms with Gasteiger partial charge in [0, 0.05) is 25.7 Å². The number of hydrogen-bond donors (Lipinski definition) is 4. The molecule has 0 radical (unpaired) electrons. The van der Waals surface area contributed by atoms with Crippen molar-refractivity contribution in [2.45, 2.75) is 111 Å². The summed E-state index contributed by atoms with van der Waals surface area (Å²) in [5, 5.41) is 12.2. The average molecular weight is 425 g/mol. The van der Waals surface area contributed by atoms with E-state index < -0.39 is 0 Å². The van der Waals surface area contributed by atoms with Gasteiger partial charge >= 0.3 is 12.1 Å². The van der Waals surface area contributed by atoms with Crippen LogP contribution in [0.25, 0.3) is 0 Å². The molecule has 0 spiro atoms. The molecule has 1 rings (SSSR count). The van der Waals surface area contributed by atoms with Crippen molar-refractivity contribution in [3.63, 3.8) is 0 Å². The van der Waals surface area contributed by atoms with E-state index in [9.17, 15) is 9.59 Å². The Morgan fingerprint density at radius 1 is 0.767 bits per heavy atom. The zero-order valence-electron chi connectivity index (χ0n) is 20.3. The molecule has 2 unspecified atom stereocenters. The van der Waals surface area contributed by atoms with Crippen molar-refractivity contribution >= 4 is 12.1 Å². The quantitative estimate of drug-likeness (QED) is 0.301. The van der Waals surface area contributed by atoms with Crippen LogP contribution < -0.4 is 21.3 Å².